The minimum absolute atomic E-state index is 0.671. The molecule has 0 aliphatic heterocycles. The van der Waals surface area contributed by atoms with Crippen molar-refractivity contribution in [2.75, 3.05) is 6.54 Å². The van der Waals surface area contributed by atoms with Crippen molar-refractivity contribution in [2.45, 2.75) is 12.8 Å². The quantitative estimate of drug-likeness (QED) is 0.749. The number of hydrogen-bond donors (Lipinski definition) is 2. The number of nitrogens with two attached hydrogens (primary N) is 1. The first kappa shape index (κ1) is 11.9. The molecule has 0 atom stereocenters. The molecule has 3 N–H and O–H groups in total. The predicted molar refractivity (Wildman–Crippen MR) is 76.7 cm³/mol. The van der Waals surface area contributed by atoms with E-state index in [9.17, 15) is 0 Å². The number of rotatable bonds is 4. The summed E-state index contributed by atoms with van der Waals surface area (Å²) in [6, 6.07) is 14.5. The van der Waals surface area contributed by atoms with E-state index in [2.05, 4.69) is 39.4 Å². The highest BCUT2D eigenvalue weighted by atomic mass is 15.2. The second-order valence-corrected chi connectivity index (χ2v) is 4.52. The lowest BCUT2D eigenvalue weighted by Crippen LogP contribution is -2.01. The summed E-state index contributed by atoms with van der Waals surface area (Å²) < 4.78 is 0. The number of H-pyrrole nitrogens is 1. The fourth-order valence-corrected chi connectivity index (χ4v) is 2.22. The summed E-state index contributed by atoms with van der Waals surface area (Å²) in [4.78, 5) is 4.55. The van der Waals surface area contributed by atoms with Crippen LogP contribution in [0.3, 0.4) is 0 Å². The zero-order valence-electron chi connectivity index (χ0n) is 10.6. The maximum absolute atomic E-state index is 5.51. The molecule has 0 unspecified atom stereocenters. The molecule has 0 amide bonds. The molecule has 2 aromatic carbocycles. The van der Waals surface area contributed by atoms with Crippen molar-refractivity contribution in [3.8, 4) is 11.4 Å². The average molecular weight is 252 g/mol. The molecule has 1 aromatic heterocycles. The van der Waals surface area contributed by atoms with Crippen LogP contribution in [0.15, 0.2) is 42.5 Å². The van der Waals surface area contributed by atoms with E-state index >= 15 is 0 Å². The average Bonchev–Trinajstić information content (AvgIpc) is 2.93. The van der Waals surface area contributed by atoms with Crippen LogP contribution in [0.2, 0.25) is 0 Å². The molecule has 0 saturated heterocycles. The molecule has 0 fully saturated rings. The molecule has 96 valence electrons. The van der Waals surface area contributed by atoms with Gasteiger partial charge in [-0.1, -0.05) is 42.5 Å². The summed E-state index contributed by atoms with van der Waals surface area (Å²) >= 11 is 0. The molecular weight excluding hydrogens is 236 g/mol. The van der Waals surface area contributed by atoms with Crippen LogP contribution in [0, 0.1) is 0 Å². The van der Waals surface area contributed by atoms with Crippen molar-refractivity contribution in [1.82, 2.24) is 15.2 Å². The molecule has 0 radical (unpaired) electrons. The van der Waals surface area contributed by atoms with Crippen molar-refractivity contribution >= 4 is 10.8 Å². The van der Waals surface area contributed by atoms with E-state index in [1.54, 1.807) is 0 Å². The van der Waals surface area contributed by atoms with Crippen LogP contribution in [-0.2, 0) is 6.42 Å². The zero-order valence-corrected chi connectivity index (χ0v) is 10.6. The summed E-state index contributed by atoms with van der Waals surface area (Å²) in [7, 11) is 0. The van der Waals surface area contributed by atoms with Gasteiger partial charge in [0.1, 0.15) is 5.82 Å². The number of aromatic amines is 1. The SMILES string of the molecule is NCCCc1nc(-c2cccc3ccccc23)n[nH]1. The van der Waals surface area contributed by atoms with Gasteiger partial charge in [0, 0.05) is 12.0 Å². The van der Waals surface area contributed by atoms with Crippen molar-refractivity contribution in [3.63, 3.8) is 0 Å². The van der Waals surface area contributed by atoms with Crippen LogP contribution in [0.4, 0.5) is 0 Å². The van der Waals surface area contributed by atoms with Gasteiger partial charge < -0.3 is 5.73 Å². The van der Waals surface area contributed by atoms with E-state index in [4.69, 9.17) is 5.73 Å². The second-order valence-electron chi connectivity index (χ2n) is 4.52. The van der Waals surface area contributed by atoms with Gasteiger partial charge in [-0.3, -0.25) is 5.10 Å². The highest BCUT2D eigenvalue weighted by molar-refractivity contribution is 5.94. The first-order valence-electron chi connectivity index (χ1n) is 6.48. The lowest BCUT2D eigenvalue weighted by atomic mass is 10.0. The topological polar surface area (TPSA) is 67.6 Å². The van der Waals surface area contributed by atoms with E-state index in [0.717, 1.165) is 30.1 Å². The van der Waals surface area contributed by atoms with E-state index in [0.29, 0.717) is 6.54 Å². The minimum atomic E-state index is 0.671. The van der Waals surface area contributed by atoms with Gasteiger partial charge in [0.2, 0.25) is 0 Å². The molecule has 1 heterocycles. The zero-order chi connectivity index (χ0) is 13.1. The number of hydrogen-bond acceptors (Lipinski definition) is 3. The molecule has 0 aliphatic rings. The Hall–Kier alpha value is -2.20. The van der Waals surface area contributed by atoms with E-state index < -0.39 is 0 Å². The van der Waals surface area contributed by atoms with Crippen molar-refractivity contribution in [1.29, 1.82) is 0 Å². The molecule has 0 saturated carbocycles. The lowest BCUT2D eigenvalue weighted by molar-refractivity contribution is 0.785. The molecular formula is C15H16N4. The third-order valence-electron chi connectivity index (χ3n) is 3.18. The van der Waals surface area contributed by atoms with E-state index in [1.807, 2.05) is 18.2 Å². The van der Waals surface area contributed by atoms with Crippen molar-refractivity contribution in [2.24, 2.45) is 5.73 Å². The van der Waals surface area contributed by atoms with Crippen molar-refractivity contribution in [3.05, 3.63) is 48.3 Å². The van der Waals surface area contributed by atoms with Gasteiger partial charge in [0.05, 0.1) is 0 Å². The minimum Gasteiger partial charge on any atom is -0.330 e. The fourth-order valence-electron chi connectivity index (χ4n) is 2.22. The number of nitrogens with zero attached hydrogens (tertiary/aromatic N) is 2. The molecule has 0 bridgehead atoms. The molecule has 3 aromatic rings. The molecule has 19 heavy (non-hydrogen) atoms. The second kappa shape index (κ2) is 5.20. The maximum Gasteiger partial charge on any atom is 0.181 e. The smallest absolute Gasteiger partial charge is 0.181 e. The summed E-state index contributed by atoms with van der Waals surface area (Å²) in [6.45, 7) is 0.671. The Morgan fingerprint density at radius 2 is 1.89 bits per heavy atom. The van der Waals surface area contributed by atoms with Crippen LogP contribution in [-0.4, -0.2) is 21.7 Å². The maximum atomic E-state index is 5.51. The highest BCUT2D eigenvalue weighted by Gasteiger charge is 2.08. The van der Waals surface area contributed by atoms with Crippen LogP contribution < -0.4 is 5.73 Å². The third-order valence-corrected chi connectivity index (χ3v) is 3.18. The molecule has 0 spiro atoms. The van der Waals surface area contributed by atoms with Crippen LogP contribution in [0.25, 0.3) is 22.2 Å². The lowest BCUT2D eigenvalue weighted by Gasteiger charge is -2.02. The van der Waals surface area contributed by atoms with Gasteiger partial charge in [-0.15, -0.1) is 0 Å². The van der Waals surface area contributed by atoms with Crippen molar-refractivity contribution < 1.29 is 0 Å². The highest BCUT2D eigenvalue weighted by Crippen LogP contribution is 2.25. The third kappa shape index (κ3) is 2.35. The van der Waals surface area contributed by atoms with Gasteiger partial charge in [0.15, 0.2) is 5.82 Å². The van der Waals surface area contributed by atoms with Crippen LogP contribution in [0.1, 0.15) is 12.2 Å². The monoisotopic (exact) mass is 252 g/mol. The normalized spacial score (nSPS) is 11.0. The Balaban J connectivity index is 2.02. The summed E-state index contributed by atoms with van der Waals surface area (Å²) in [5.41, 5.74) is 6.57. The van der Waals surface area contributed by atoms with E-state index in [1.165, 1.54) is 10.8 Å². The molecule has 4 heteroatoms. The first-order valence-corrected chi connectivity index (χ1v) is 6.48. The van der Waals surface area contributed by atoms with Gasteiger partial charge >= 0.3 is 0 Å². The largest absolute Gasteiger partial charge is 0.330 e. The number of aromatic nitrogens is 3. The first-order chi connectivity index (χ1) is 9.38. The van der Waals surface area contributed by atoms with Crippen LogP contribution in [0.5, 0.6) is 0 Å². The predicted octanol–water partition coefficient (Wildman–Crippen LogP) is 2.52. The Labute approximate surface area is 111 Å². The Morgan fingerprint density at radius 3 is 2.79 bits per heavy atom. The van der Waals surface area contributed by atoms with Gasteiger partial charge in [-0.2, -0.15) is 5.10 Å². The van der Waals surface area contributed by atoms with Crippen LogP contribution >= 0.6 is 0 Å². The molecule has 4 nitrogen and oxygen atoms in total. The molecule has 3 rings (SSSR count). The number of nitrogens with one attached hydrogen (secondary N) is 1. The van der Waals surface area contributed by atoms with Gasteiger partial charge in [-0.25, -0.2) is 4.98 Å². The Bertz CT molecular complexity index is 682. The van der Waals surface area contributed by atoms with Gasteiger partial charge in [-0.05, 0) is 23.7 Å². The number of fused-ring (bicyclic) bond motifs is 1. The summed E-state index contributed by atoms with van der Waals surface area (Å²) in [6.07, 6.45) is 1.76. The van der Waals surface area contributed by atoms with Gasteiger partial charge in [0.25, 0.3) is 0 Å². The Morgan fingerprint density at radius 1 is 1.05 bits per heavy atom. The number of benzene rings is 2. The molecule has 0 aliphatic carbocycles. The standard InChI is InChI=1S/C15H16N4/c16-10-4-9-14-17-15(19-18-14)13-8-3-6-11-5-1-2-7-12(11)13/h1-3,5-8H,4,9-10,16H2,(H,17,18,19). The van der Waals surface area contributed by atoms with E-state index in [-0.39, 0.29) is 0 Å². The fraction of sp³-hybridized carbons (Fsp3) is 0.200. The summed E-state index contributed by atoms with van der Waals surface area (Å²) in [5.74, 6) is 1.65. The summed E-state index contributed by atoms with van der Waals surface area (Å²) in [5, 5.41) is 9.68. The Kier molecular flexibility index (Phi) is 3.25. The number of aryl methyl sites for hydroxylation is 1.